The van der Waals surface area contributed by atoms with E-state index in [1.165, 1.54) is 31.4 Å². The molecule has 2 aromatic carbocycles. The van der Waals surface area contributed by atoms with Crippen molar-refractivity contribution in [1.29, 1.82) is 0 Å². The van der Waals surface area contributed by atoms with Crippen LogP contribution in [0.15, 0.2) is 36.4 Å². The van der Waals surface area contributed by atoms with Gasteiger partial charge in [-0.25, -0.2) is 13.2 Å². The van der Waals surface area contributed by atoms with Crippen molar-refractivity contribution in [3.8, 4) is 5.75 Å². The molecule has 0 aliphatic rings. The van der Waals surface area contributed by atoms with Crippen molar-refractivity contribution >= 4 is 5.78 Å². The average molecular weight is 294 g/mol. The van der Waals surface area contributed by atoms with Crippen molar-refractivity contribution in [2.75, 3.05) is 7.11 Å². The van der Waals surface area contributed by atoms with Gasteiger partial charge in [-0.15, -0.1) is 0 Å². The first-order valence-corrected chi connectivity index (χ1v) is 6.28. The molecule has 2 nitrogen and oxygen atoms in total. The first-order chi connectivity index (χ1) is 10.0. The summed E-state index contributed by atoms with van der Waals surface area (Å²) in [5.74, 6) is -2.43. The van der Waals surface area contributed by atoms with E-state index in [1.54, 1.807) is 0 Å². The van der Waals surface area contributed by atoms with Gasteiger partial charge >= 0.3 is 0 Å². The number of ketones is 1. The largest absolute Gasteiger partial charge is 0.494 e. The Morgan fingerprint density at radius 2 is 1.67 bits per heavy atom. The lowest BCUT2D eigenvalue weighted by Crippen LogP contribution is -2.10. The Morgan fingerprint density at radius 1 is 1.00 bits per heavy atom. The summed E-state index contributed by atoms with van der Waals surface area (Å²) in [7, 11) is 1.34. The molecule has 0 saturated heterocycles. The summed E-state index contributed by atoms with van der Waals surface area (Å²) >= 11 is 0. The molecule has 0 unspecified atom stereocenters. The minimum atomic E-state index is -0.760. The van der Waals surface area contributed by atoms with E-state index in [2.05, 4.69) is 0 Å². The number of carbonyl (C=O) groups excluding carboxylic acids is 1. The molecule has 0 amide bonds. The minimum Gasteiger partial charge on any atom is -0.494 e. The number of Topliss-reactive ketones (excluding diaryl/α,β-unsaturated/α-hetero) is 1. The van der Waals surface area contributed by atoms with Crippen molar-refractivity contribution in [3.63, 3.8) is 0 Å². The van der Waals surface area contributed by atoms with Crippen LogP contribution in [-0.2, 0) is 17.6 Å². The maximum absolute atomic E-state index is 13.5. The molecule has 0 aliphatic carbocycles. The van der Waals surface area contributed by atoms with E-state index in [-0.39, 0.29) is 24.2 Å². The van der Waals surface area contributed by atoms with Gasteiger partial charge in [0.1, 0.15) is 17.4 Å². The Hall–Kier alpha value is -2.30. The van der Waals surface area contributed by atoms with Gasteiger partial charge in [-0.2, -0.15) is 0 Å². The van der Waals surface area contributed by atoms with Gasteiger partial charge in [-0.05, 0) is 29.8 Å². The monoisotopic (exact) mass is 294 g/mol. The standard InChI is InChI=1S/C16H13F3O2/c1-21-16-6-5-10(8-15(16)19)7-11(20)9-12-13(17)3-2-4-14(12)18/h2-6,8H,7,9H2,1H3. The number of carbonyl (C=O) groups is 1. The fraction of sp³-hybridized carbons (Fsp3) is 0.188. The Kier molecular flexibility index (Phi) is 4.62. The molecule has 2 rings (SSSR count). The Labute approximate surface area is 120 Å². The normalized spacial score (nSPS) is 10.5. The van der Waals surface area contributed by atoms with E-state index >= 15 is 0 Å². The van der Waals surface area contributed by atoms with Gasteiger partial charge in [-0.1, -0.05) is 12.1 Å². The lowest BCUT2D eigenvalue weighted by molar-refractivity contribution is -0.117. The molecule has 110 valence electrons. The molecule has 0 aliphatic heterocycles. The van der Waals surface area contributed by atoms with Crippen LogP contribution in [0.5, 0.6) is 5.75 Å². The lowest BCUT2D eigenvalue weighted by Gasteiger charge is -2.06. The predicted octanol–water partition coefficient (Wildman–Crippen LogP) is 3.47. The summed E-state index contributed by atoms with van der Waals surface area (Å²) in [6.07, 6.45) is -0.471. The van der Waals surface area contributed by atoms with Gasteiger partial charge in [0.25, 0.3) is 0 Å². The second-order valence-corrected chi connectivity index (χ2v) is 4.56. The van der Waals surface area contributed by atoms with Crippen molar-refractivity contribution in [3.05, 3.63) is 65.0 Å². The van der Waals surface area contributed by atoms with E-state index in [4.69, 9.17) is 4.74 Å². The third-order valence-corrected chi connectivity index (χ3v) is 3.05. The maximum atomic E-state index is 13.5. The van der Waals surface area contributed by atoms with Gasteiger partial charge in [0.15, 0.2) is 11.6 Å². The number of benzene rings is 2. The zero-order chi connectivity index (χ0) is 15.4. The topological polar surface area (TPSA) is 26.3 Å². The third kappa shape index (κ3) is 3.62. The molecule has 21 heavy (non-hydrogen) atoms. The van der Waals surface area contributed by atoms with Gasteiger partial charge in [0.05, 0.1) is 7.11 Å². The van der Waals surface area contributed by atoms with Crippen LogP contribution in [-0.4, -0.2) is 12.9 Å². The molecule has 2 aromatic rings. The number of ether oxygens (including phenoxy) is 1. The number of methoxy groups -OCH3 is 1. The Balaban J connectivity index is 2.10. The maximum Gasteiger partial charge on any atom is 0.165 e. The fourth-order valence-corrected chi connectivity index (χ4v) is 2.01. The summed E-state index contributed by atoms with van der Waals surface area (Å²) in [5, 5.41) is 0. The molecule has 0 atom stereocenters. The van der Waals surface area contributed by atoms with Crippen LogP contribution in [0.1, 0.15) is 11.1 Å². The first-order valence-electron chi connectivity index (χ1n) is 6.28. The zero-order valence-corrected chi connectivity index (χ0v) is 11.3. The molecule has 0 radical (unpaired) electrons. The first kappa shape index (κ1) is 15.1. The highest BCUT2D eigenvalue weighted by molar-refractivity contribution is 5.83. The van der Waals surface area contributed by atoms with E-state index in [0.29, 0.717) is 5.56 Å². The number of rotatable bonds is 5. The van der Waals surface area contributed by atoms with Crippen LogP contribution < -0.4 is 4.74 Å². The van der Waals surface area contributed by atoms with E-state index in [1.807, 2.05) is 0 Å². The van der Waals surface area contributed by atoms with Gasteiger partial charge in [0, 0.05) is 18.4 Å². The minimum absolute atomic E-state index is 0.0753. The summed E-state index contributed by atoms with van der Waals surface area (Å²) < 4.78 is 45.2. The van der Waals surface area contributed by atoms with Gasteiger partial charge < -0.3 is 4.74 Å². The highest BCUT2D eigenvalue weighted by Crippen LogP contribution is 2.19. The van der Waals surface area contributed by atoms with Crippen molar-refractivity contribution < 1.29 is 22.7 Å². The highest BCUT2D eigenvalue weighted by Gasteiger charge is 2.14. The summed E-state index contributed by atoms with van der Waals surface area (Å²) in [6, 6.07) is 7.54. The molecule has 0 aromatic heterocycles. The molecule has 0 spiro atoms. The fourth-order valence-electron chi connectivity index (χ4n) is 2.01. The molecule has 5 heteroatoms. The third-order valence-electron chi connectivity index (χ3n) is 3.05. The predicted molar refractivity (Wildman–Crippen MR) is 71.7 cm³/mol. The van der Waals surface area contributed by atoms with Crippen molar-refractivity contribution in [1.82, 2.24) is 0 Å². The summed E-state index contributed by atoms with van der Waals surface area (Å²) in [4.78, 5) is 11.9. The van der Waals surface area contributed by atoms with Crippen LogP contribution in [0.3, 0.4) is 0 Å². The van der Waals surface area contributed by atoms with E-state index < -0.39 is 23.2 Å². The number of hydrogen-bond donors (Lipinski definition) is 0. The SMILES string of the molecule is COc1ccc(CC(=O)Cc2c(F)cccc2F)cc1F. The molecular formula is C16H13F3O2. The summed E-state index contributed by atoms with van der Waals surface area (Å²) in [5.41, 5.74) is 0.159. The van der Waals surface area contributed by atoms with Crippen molar-refractivity contribution in [2.24, 2.45) is 0 Å². The second-order valence-electron chi connectivity index (χ2n) is 4.56. The quantitative estimate of drug-likeness (QED) is 0.844. The van der Waals surface area contributed by atoms with Crippen LogP contribution >= 0.6 is 0 Å². The van der Waals surface area contributed by atoms with Gasteiger partial charge in [-0.3, -0.25) is 4.79 Å². The molecule has 0 N–H and O–H groups in total. The zero-order valence-electron chi connectivity index (χ0n) is 11.3. The molecule has 0 fully saturated rings. The van der Waals surface area contributed by atoms with Crippen molar-refractivity contribution in [2.45, 2.75) is 12.8 Å². The van der Waals surface area contributed by atoms with Crippen LogP contribution in [0, 0.1) is 17.5 Å². The molecule has 0 heterocycles. The molecule has 0 bridgehead atoms. The smallest absolute Gasteiger partial charge is 0.165 e. The average Bonchev–Trinajstić information content (AvgIpc) is 2.43. The van der Waals surface area contributed by atoms with Crippen LogP contribution in [0.4, 0.5) is 13.2 Å². The Bertz CT molecular complexity index is 648. The van der Waals surface area contributed by atoms with E-state index in [0.717, 1.165) is 12.1 Å². The number of halogens is 3. The van der Waals surface area contributed by atoms with Crippen LogP contribution in [0.2, 0.25) is 0 Å². The van der Waals surface area contributed by atoms with Gasteiger partial charge in [0.2, 0.25) is 0 Å². The number of hydrogen-bond acceptors (Lipinski definition) is 2. The lowest BCUT2D eigenvalue weighted by atomic mass is 10.0. The van der Waals surface area contributed by atoms with Crippen LogP contribution in [0.25, 0.3) is 0 Å². The van der Waals surface area contributed by atoms with E-state index in [9.17, 15) is 18.0 Å². The highest BCUT2D eigenvalue weighted by atomic mass is 19.1. The molecule has 0 saturated carbocycles. The molecular weight excluding hydrogens is 281 g/mol. The Morgan fingerprint density at radius 3 is 2.24 bits per heavy atom. The summed E-state index contributed by atoms with van der Waals surface area (Å²) in [6.45, 7) is 0. The second kappa shape index (κ2) is 6.43.